The van der Waals surface area contributed by atoms with E-state index in [0.29, 0.717) is 0 Å². The van der Waals surface area contributed by atoms with Gasteiger partial charge >= 0.3 is 0 Å². The van der Waals surface area contributed by atoms with Crippen molar-refractivity contribution < 1.29 is 9.72 Å². The van der Waals surface area contributed by atoms with E-state index in [1.165, 1.54) is 30.0 Å². The molecule has 5 nitrogen and oxygen atoms in total. The van der Waals surface area contributed by atoms with Crippen molar-refractivity contribution in [2.45, 2.75) is 10.1 Å². The highest BCUT2D eigenvalue weighted by Crippen LogP contribution is 2.37. The van der Waals surface area contributed by atoms with E-state index in [2.05, 4.69) is 5.32 Å². The summed E-state index contributed by atoms with van der Waals surface area (Å²) in [6, 6.07) is 22.9. The fourth-order valence-electron chi connectivity index (χ4n) is 2.46. The maximum absolute atomic E-state index is 13.0. The molecule has 3 rings (SSSR count). The van der Waals surface area contributed by atoms with Gasteiger partial charge in [-0.2, -0.15) is 0 Å². The van der Waals surface area contributed by atoms with Crippen LogP contribution in [0.1, 0.15) is 10.8 Å². The number of anilines is 1. The molecule has 1 atom stereocenters. The lowest BCUT2D eigenvalue weighted by molar-refractivity contribution is -0.384. The number of nitrogens with zero attached hydrogens (tertiary/aromatic N) is 1. The number of hydrogen-bond acceptors (Lipinski definition) is 4. The molecule has 0 radical (unpaired) electrons. The Bertz CT molecular complexity index is 952. The number of benzene rings is 3. The Morgan fingerprint density at radius 2 is 1.63 bits per heavy atom. The number of nitro groups is 1. The average Bonchev–Trinajstić information content (AvgIpc) is 2.69. The third kappa shape index (κ3) is 4.87. The molecule has 0 saturated carbocycles. The molecule has 0 bridgehead atoms. The fourth-order valence-corrected chi connectivity index (χ4v) is 3.67. The van der Waals surface area contributed by atoms with Gasteiger partial charge in [0.15, 0.2) is 0 Å². The van der Waals surface area contributed by atoms with E-state index in [1.54, 1.807) is 0 Å². The molecule has 0 heterocycles. The van der Waals surface area contributed by atoms with Crippen molar-refractivity contribution in [1.29, 1.82) is 0 Å². The maximum Gasteiger partial charge on any atom is 0.271 e. The normalized spacial score (nSPS) is 11.6. The van der Waals surface area contributed by atoms with Crippen LogP contribution in [0.3, 0.4) is 0 Å². The summed E-state index contributed by atoms with van der Waals surface area (Å²) >= 11 is 7.51. The molecule has 0 aromatic heterocycles. The number of carbonyl (C=O) groups is 1. The highest BCUT2D eigenvalue weighted by molar-refractivity contribution is 8.00. The van der Waals surface area contributed by atoms with Crippen LogP contribution in [-0.2, 0) is 4.79 Å². The molecule has 0 aliphatic heterocycles. The second-order valence-electron chi connectivity index (χ2n) is 5.63. The van der Waals surface area contributed by atoms with Gasteiger partial charge in [-0.3, -0.25) is 14.9 Å². The Kier molecular flexibility index (Phi) is 6.11. The fraction of sp³-hybridized carbons (Fsp3) is 0.0500. The van der Waals surface area contributed by atoms with Gasteiger partial charge in [0.1, 0.15) is 5.25 Å². The summed E-state index contributed by atoms with van der Waals surface area (Å²) in [6.07, 6.45) is 0. The molecule has 0 unspecified atom stereocenters. The molecule has 1 amide bonds. The predicted octanol–water partition coefficient (Wildman–Crippen LogP) is 5.72. The van der Waals surface area contributed by atoms with Gasteiger partial charge in [0.25, 0.3) is 5.69 Å². The summed E-state index contributed by atoms with van der Waals surface area (Å²) in [5.74, 6) is -0.308. The Morgan fingerprint density at radius 3 is 2.26 bits per heavy atom. The number of amides is 1. The van der Waals surface area contributed by atoms with Crippen LogP contribution in [0.5, 0.6) is 0 Å². The van der Waals surface area contributed by atoms with Crippen molar-refractivity contribution in [3.05, 3.63) is 99.6 Å². The molecule has 0 aliphatic rings. The largest absolute Gasteiger partial charge is 0.323 e. The zero-order valence-electron chi connectivity index (χ0n) is 14.0. The molecular formula is C20H15ClN2O3S. The predicted molar refractivity (Wildman–Crippen MR) is 108 cm³/mol. The Labute approximate surface area is 165 Å². The van der Waals surface area contributed by atoms with E-state index in [1.807, 2.05) is 60.7 Å². The number of non-ortho nitro benzene ring substituents is 1. The molecule has 3 aromatic carbocycles. The second-order valence-corrected chi connectivity index (χ2v) is 7.22. The zero-order valence-corrected chi connectivity index (χ0v) is 15.6. The molecular weight excluding hydrogens is 384 g/mol. The highest BCUT2D eigenvalue weighted by Gasteiger charge is 2.23. The number of nitrogens with one attached hydrogen (secondary N) is 1. The van der Waals surface area contributed by atoms with Gasteiger partial charge in [-0.15, -0.1) is 11.8 Å². The first-order valence-corrected chi connectivity index (χ1v) is 9.32. The molecule has 3 aromatic rings. The summed E-state index contributed by atoms with van der Waals surface area (Å²) in [4.78, 5) is 24.4. The van der Waals surface area contributed by atoms with E-state index < -0.39 is 10.2 Å². The van der Waals surface area contributed by atoms with Crippen LogP contribution in [-0.4, -0.2) is 10.8 Å². The van der Waals surface area contributed by atoms with Crippen molar-refractivity contribution in [2.24, 2.45) is 0 Å². The van der Waals surface area contributed by atoms with Crippen LogP contribution in [0, 0.1) is 10.1 Å². The summed E-state index contributed by atoms with van der Waals surface area (Å²) < 4.78 is 0. The van der Waals surface area contributed by atoms with Crippen molar-refractivity contribution in [3.63, 3.8) is 0 Å². The molecule has 0 saturated heterocycles. The average molecular weight is 399 g/mol. The van der Waals surface area contributed by atoms with Crippen LogP contribution in [0.2, 0.25) is 5.02 Å². The Balaban J connectivity index is 1.89. The van der Waals surface area contributed by atoms with Crippen LogP contribution >= 0.6 is 23.4 Å². The topological polar surface area (TPSA) is 72.2 Å². The first kappa shape index (κ1) is 18.9. The molecule has 0 aliphatic carbocycles. The molecule has 7 heteroatoms. The first-order chi connectivity index (χ1) is 13.0. The summed E-state index contributed by atoms with van der Waals surface area (Å²) in [5, 5.41) is 13.4. The second kappa shape index (κ2) is 8.70. The minimum Gasteiger partial charge on any atom is -0.323 e. The molecule has 0 spiro atoms. The third-order valence-electron chi connectivity index (χ3n) is 3.76. The van der Waals surface area contributed by atoms with Crippen LogP contribution in [0.4, 0.5) is 11.4 Å². The molecule has 0 fully saturated rings. The summed E-state index contributed by atoms with van der Waals surface area (Å²) in [7, 11) is 0. The van der Waals surface area contributed by atoms with Crippen LogP contribution in [0.15, 0.2) is 83.8 Å². The van der Waals surface area contributed by atoms with Gasteiger partial charge < -0.3 is 5.32 Å². The minimum atomic E-state index is -0.538. The van der Waals surface area contributed by atoms with E-state index in [0.717, 1.165) is 10.5 Å². The monoisotopic (exact) mass is 398 g/mol. The van der Waals surface area contributed by atoms with E-state index in [4.69, 9.17) is 11.6 Å². The van der Waals surface area contributed by atoms with E-state index in [-0.39, 0.29) is 22.3 Å². The van der Waals surface area contributed by atoms with Gasteiger partial charge in [-0.25, -0.2) is 0 Å². The molecule has 1 N–H and O–H groups in total. The number of nitro benzene ring substituents is 1. The van der Waals surface area contributed by atoms with Crippen LogP contribution in [0.25, 0.3) is 0 Å². The van der Waals surface area contributed by atoms with Gasteiger partial charge in [0.2, 0.25) is 5.91 Å². The Morgan fingerprint density at radius 1 is 1.00 bits per heavy atom. The van der Waals surface area contributed by atoms with Crippen molar-refractivity contribution in [2.75, 3.05) is 5.32 Å². The van der Waals surface area contributed by atoms with Gasteiger partial charge in [-0.05, 0) is 23.8 Å². The highest BCUT2D eigenvalue weighted by atomic mass is 35.5. The SMILES string of the molecule is O=C(Nc1cc([N+](=O)[O-])ccc1Cl)[C@H](Sc1ccccc1)c1ccccc1. The lowest BCUT2D eigenvalue weighted by Crippen LogP contribution is -2.19. The minimum absolute atomic E-state index is 0.137. The van der Waals surface area contributed by atoms with Crippen LogP contribution < -0.4 is 5.32 Å². The van der Waals surface area contributed by atoms with Gasteiger partial charge in [-0.1, -0.05) is 60.1 Å². The van der Waals surface area contributed by atoms with Crippen molar-refractivity contribution in [1.82, 2.24) is 0 Å². The van der Waals surface area contributed by atoms with Gasteiger partial charge in [0.05, 0.1) is 15.6 Å². The number of carbonyl (C=O) groups excluding carboxylic acids is 1. The third-order valence-corrected chi connectivity index (χ3v) is 5.35. The summed E-state index contributed by atoms with van der Waals surface area (Å²) in [5.41, 5.74) is 0.900. The number of rotatable bonds is 6. The maximum atomic E-state index is 13.0. The van der Waals surface area contributed by atoms with Crippen molar-refractivity contribution in [3.8, 4) is 0 Å². The van der Waals surface area contributed by atoms with Crippen molar-refractivity contribution >= 4 is 40.6 Å². The lowest BCUT2D eigenvalue weighted by atomic mass is 10.1. The number of halogens is 1. The standard InChI is InChI=1S/C20H15ClN2O3S/c21-17-12-11-15(23(25)26)13-18(17)22-20(24)19(14-7-3-1-4-8-14)27-16-9-5-2-6-10-16/h1-13,19H,(H,22,24)/t19-/m1/s1. The quantitative estimate of drug-likeness (QED) is 0.327. The van der Waals surface area contributed by atoms with Gasteiger partial charge in [0, 0.05) is 17.0 Å². The lowest BCUT2D eigenvalue weighted by Gasteiger charge is -2.17. The Hall–Kier alpha value is -2.83. The van der Waals surface area contributed by atoms with E-state index >= 15 is 0 Å². The van der Waals surface area contributed by atoms with E-state index in [9.17, 15) is 14.9 Å². The number of hydrogen-bond donors (Lipinski definition) is 1. The molecule has 136 valence electrons. The smallest absolute Gasteiger partial charge is 0.271 e. The molecule has 27 heavy (non-hydrogen) atoms. The first-order valence-electron chi connectivity index (χ1n) is 8.06. The number of thioether (sulfide) groups is 1. The summed E-state index contributed by atoms with van der Waals surface area (Å²) in [6.45, 7) is 0. The zero-order chi connectivity index (χ0) is 19.2.